The Morgan fingerprint density at radius 3 is 2.33 bits per heavy atom. The molecule has 1 unspecified atom stereocenters. The second kappa shape index (κ2) is 6.50. The number of benzene rings is 1. The lowest BCUT2D eigenvalue weighted by atomic mass is 9.86. The molecule has 0 amide bonds. The van der Waals surface area contributed by atoms with E-state index in [9.17, 15) is 10.1 Å². The van der Waals surface area contributed by atoms with Crippen LogP contribution >= 0.6 is 0 Å². The van der Waals surface area contributed by atoms with Crippen molar-refractivity contribution in [2.24, 2.45) is 11.7 Å². The number of nitro benzene ring substituents is 1. The Hall–Kier alpha value is -1.42. The van der Waals surface area contributed by atoms with Gasteiger partial charge in [-0.1, -0.05) is 39.7 Å². The van der Waals surface area contributed by atoms with Gasteiger partial charge in [-0.15, -0.1) is 0 Å². The van der Waals surface area contributed by atoms with Crippen LogP contribution in [0.5, 0.6) is 0 Å². The predicted octanol–water partition coefficient (Wildman–Crippen LogP) is 3.59. The zero-order chi connectivity index (χ0) is 13.7. The van der Waals surface area contributed by atoms with E-state index >= 15 is 0 Å². The molecule has 0 aliphatic carbocycles. The minimum atomic E-state index is -0.359. The maximum Gasteiger partial charge on any atom is 0.269 e. The standard InChI is InChI=1S/C14H22N2O2/c1-4-10(5-2)14(15)13-9-12(16(17)18)8-7-11(13)6-3/h7-10,14H,4-6,15H2,1-3H3. The molecule has 4 heteroatoms. The predicted molar refractivity (Wildman–Crippen MR) is 73.5 cm³/mol. The molecule has 1 rings (SSSR count). The van der Waals surface area contributed by atoms with Crippen LogP contribution in [0.25, 0.3) is 0 Å². The lowest BCUT2D eigenvalue weighted by molar-refractivity contribution is -0.385. The fraction of sp³-hybridized carbons (Fsp3) is 0.571. The Kier molecular flexibility index (Phi) is 5.28. The minimum Gasteiger partial charge on any atom is -0.324 e. The van der Waals surface area contributed by atoms with E-state index in [-0.39, 0.29) is 16.7 Å². The average Bonchev–Trinajstić information content (AvgIpc) is 2.39. The van der Waals surface area contributed by atoms with Crippen molar-refractivity contribution >= 4 is 5.69 Å². The summed E-state index contributed by atoms with van der Waals surface area (Å²) < 4.78 is 0. The Balaban J connectivity index is 3.18. The molecule has 100 valence electrons. The molecule has 1 aromatic carbocycles. The maximum absolute atomic E-state index is 10.8. The molecule has 1 aromatic rings. The first-order chi connectivity index (χ1) is 8.54. The number of nitrogens with two attached hydrogens (primary N) is 1. The van der Waals surface area contributed by atoms with Gasteiger partial charge in [-0.25, -0.2) is 0 Å². The molecule has 0 aromatic heterocycles. The summed E-state index contributed by atoms with van der Waals surface area (Å²) in [5, 5.41) is 10.8. The fourth-order valence-corrected chi connectivity index (χ4v) is 2.38. The van der Waals surface area contributed by atoms with Crippen LogP contribution in [0.15, 0.2) is 18.2 Å². The van der Waals surface area contributed by atoms with Crippen molar-refractivity contribution in [1.82, 2.24) is 0 Å². The van der Waals surface area contributed by atoms with E-state index < -0.39 is 0 Å². The van der Waals surface area contributed by atoms with Gasteiger partial charge >= 0.3 is 0 Å². The topological polar surface area (TPSA) is 69.2 Å². The molecule has 0 spiro atoms. The SMILES string of the molecule is CCc1ccc([N+](=O)[O-])cc1C(N)C(CC)CC. The first-order valence-corrected chi connectivity index (χ1v) is 6.57. The lowest BCUT2D eigenvalue weighted by Gasteiger charge is -2.23. The zero-order valence-electron chi connectivity index (χ0n) is 11.3. The van der Waals surface area contributed by atoms with Crippen molar-refractivity contribution in [3.63, 3.8) is 0 Å². The van der Waals surface area contributed by atoms with Gasteiger partial charge in [0.05, 0.1) is 4.92 Å². The summed E-state index contributed by atoms with van der Waals surface area (Å²) >= 11 is 0. The molecule has 1 atom stereocenters. The van der Waals surface area contributed by atoms with Crippen LogP contribution < -0.4 is 5.73 Å². The van der Waals surface area contributed by atoms with Gasteiger partial charge in [0.1, 0.15) is 0 Å². The van der Waals surface area contributed by atoms with Gasteiger partial charge < -0.3 is 5.73 Å². The van der Waals surface area contributed by atoms with E-state index in [1.165, 1.54) is 0 Å². The molecule has 0 saturated carbocycles. The van der Waals surface area contributed by atoms with E-state index in [0.717, 1.165) is 30.4 Å². The molecular formula is C14H22N2O2. The summed E-state index contributed by atoms with van der Waals surface area (Å²) in [5.74, 6) is 0.373. The van der Waals surface area contributed by atoms with Crippen molar-refractivity contribution in [3.8, 4) is 0 Å². The summed E-state index contributed by atoms with van der Waals surface area (Å²) in [7, 11) is 0. The molecule has 18 heavy (non-hydrogen) atoms. The number of aryl methyl sites for hydroxylation is 1. The monoisotopic (exact) mass is 250 g/mol. The van der Waals surface area contributed by atoms with Crippen molar-refractivity contribution in [3.05, 3.63) is 39.4 Å². The lowest BCUT2D eigenvalue weighted by Crippen LogP contribution is -2.22. The van der Waals surface area contributed by atoms with Gasteiger partial charge in [-0.2, -0.15) is 0 Å². The van der Waals surface area contributed by atoms with Crippen LogP contribution in [0, 0.1) is 16.0 Å². The highest BCUT2D eigenvalue weighted by molar-refractivity contribution is 5.41. The Morgan fingerprint density at radius 1 is 1.28 bits per heavy atom. The number of nitrogens with zero attached hydrogens (tertiary/aromatic N) is 1. The van der Waals surface area contributed by atoms with E-state index in [0.29, 0.717) is 5.92 Å². The van der Waals surface area contributed by atoms with Gasteiger partial charge in [0, 0.05) is 18.2 Å². The van der Waals surface area contributed by atoms with Crippen molar-refractivity contribution in [2.75, 3.05) is 0 Å². The summed E-state index contributed by atoms with van der Waals surface area (Å²) in [6.45, 7) is 6.26. The third-order valence-electron chi connectivity index (χ3n) is 3.64. The molecule has 0 saturated heterocycles. The van der Waals surface area contributed by atoms with Gasteiger partial charge in [0.15, 0.2) is 0 Å². The molecule has 0 aliphatic heterocycles. The Morgan fingerprint density at radius 2 is 1.89 bits per heavy atom. The highest BCUT2D eigenvalue weighted by Gasteiger charge is 2.21. The zero-order valence-corrected chi connectivity index (χ0v) is 11.3. The Bertz CT molecular complexity index is 414. The molecule has 0 radical (unpaired) electrons. The normalized spacial score (nSPS) is 12.7. The van der Waals surface area contributed by atoms with Gasteiger partial charge in [0.2, 0.25) is 0 Å². The molecule has 0 bridgehead atoms. The molecule has 0 heterocycles. The van der Waals surface area contributed by atoms with E-state index in [1.807, 2.05) is 13.0 Å². The van der Waals surface area contributed by atoms with Crippen molar-refractivity contribution in [1.29, 1.82) is 0 Å². The van der Waals surface area contributed by atoms with Crippen LogP contribution in [0.3, 0.4) is 0 Å². The van der Waals surface area contributed by atoms with Crippen LogP contribution in [0.1, 0.15) is 50.8 Å². The van der Waals surface area contributed by atoms with E-state index in [2.05, 4.69) is 13.8 Å². The third-order valence-corrected chi connectivity index (χ3v) is 3.64. The summed E-state index contributed by atoms with van der Waals surface area (Å²) in [6.07, 6.45) is 2.83. The quantitative estimate of drug-likeness (QED) is 0.619. The van der Waals surface area contributed by atoms with Gasteiger partial charge in [-0.05, 0) is 23.5 Å². The smallest absolute Gasteiger partial charge is 0.269 e. The van der Waals surface area contributed by atoms with E-state index in [4.69, 9.17) is 5.73 Å². The number of rotatable bonds is 6. The van der Waals surface area contributed by atoms with Crippen LogP contribution in [-0.4, -0.2) is 4.92 Å². The molecule has 0 aliphatic rings. The number of non-ortho nitro benzene ring substituents is 1. The highest BCUT2D eigenvalue weighted by Crippen LogP contribution is 2.30. The maximum atomic E-state index is 10.8. The molecule has 2 N–H and O–H groups in total. The Labute approximate surface area is 108 Å². The van der Waals surface area contributed by atoms with Crippen molar-refractivity contribution in [2.45, 2.75) is 46.1 Å². The van der Waals surface area contributed by atoms with Crippen molar-refractivity contribution < 1.29 is 4.92 Å². The van der Waals surface area contributed by atoms with Crippen LogP contribution in [0.4, 0.5) is 5.69 Å². The fourth-order valence-electron chi connectivity index (χ4n) is 2.38. The number of hydrogen-bond donors (Lipinski definition) is 1. The average molecular weight is 250 g/mol. The van der Waals surface area contributed by atoms with E-state index in [1.54, 1.807) is 12.1 Å². The molecule has 4 nitrogen and oxygen atoms in total. The third kappa shape index (κ3) is 3.07. The van der Waals surface area contributed by atoms with Crippen LogP contribution in [-0.2, 0) is 6.42 Å². The number of hydrogen-bond acceptors (Lipinski definition) is 3. The molecule has 0 fully saturated rings. The first kappa shape index (κ1) is 14.6. The second-order valence-electron chi connectivity index (χ2n) is 4.60. The van der Waals surface area contributed by atoms with Crippen LogP contribution in [0.2, 0.25) is 0 Å². The summed E-state index contributed by atoms with van der Waals surface area (Å²) in [6, 6.07) is 4.91. The van der Waals surface area contributed by atoms with Gasteiger partial charge in [0.25, 0.3) is 5.69 Å². The molecular weight excluding hydrogens is 228 g/mol. The van der Waals surface area contributed by atoms with Gasteiger partial charge in [-0.3, -0.25) is 10.1 Å². The highest BCUT2D eigenvalue weighted by atomic mass is 16.6. The largest absolute Gasteiger partial charge is 0.324 e. The summed E-state index contributed by atoms with van der Waals surface area (Å²) in [4.78, 5) is 10.5. The second-order valence-corrected chi connectivity index (χ2v) is 4.60. The minimum absolute atomic E-state index is 0.116. The number of nitro groups is 1. The first-order valence-electron chi connectivity index (χ1n) is 6.57. The summed E-state index contributed by atoms with van der Waals surface area (Å²) in [5.41, 5.74) is 8.45.